The molecule has 5 heteroatoms. The summed E-state index contributed by atoms with van der Waals surface area (Å²) in [6.45, 7) is 0. The smallest absolute Gasteiger partial charge is 0.335 e. The van der Waals surface area contributed by atoms with Crippen molar-refractivity contribution in [2.24, 2.45) is 0 Å². The van der Waals surface area contributed by atoms with Crippen LogP contribution in [0.4, 0.5) is 0 Å². The maximum Gasteiger partial charge on any atom is 0.335 e. The van der Waals surface area contributed by atoms with Crippen molar-refractivity contribution >= 4 is 11.9 Å². The predicted molar refractivity (Wildman–Crippen MR) is 40.4 cm³/mol. The minimum Gasteiger partial charge on any atom is -0.478 e. The molecule has 0 radical (unpaired) electrons. The summed E-state index contributed by atoms with van der Waals surface area (Å²) in [5.74, 6) is -2.13. The van der Waals surface area contributed by atoms with Gasteiger partial charge in [-0.1, -0.05) is 0 Å². The summed E-state index contributed by atoms with van der Waals surface area (Å²) in [5, 5.41) is 16.9. The summed E-state index contributed by atoms with van der Waals surface area (Å²) in [7, 11) is 0. The van der Waals surface area contributed by atoms with E-state index >= 15 is 0 Å². The number of benzene rings is 1. The first-order valence-corrected chi connectivity index (χ1v) is 3.18. The van der Waals surface area contributed by atoms with Gasteiger partial charge in [-0.25, -0.2) is 9.59 Å². The zero-order valence-corrected chi connectivity index (χ0v) is 8.11. The van der Waals surface area contributed by atoms with Crippen molar-refractivity contribution in [3.63, 3.8) is 0 Å². The molecule has 0 aliphatic heterocycles. The van der Waals surface area contributed by atoms with E-state index in [0.717, 1.165) is 0 Å². The molecule has 0 aliphatic carbocycles. The molecule has 0 aliphatic rings. The first-order chi connectivity index (χ1) is 5.61. The van der Waals surface area contributed by atoms with Crippen LogP contribution in [0.15, 0.2) is 24.3 Å². The van der Waals surface area contributed by atoms with Crippen molar-refractivity contribution in [3.8, 4) is 0 Å². The van der Waals surface area contributed by atoms with Gasteiger partial charge in [0.25, 0.3) is 0 Å². The quantitative estimate of drug-likeness (QED) is 0.786. The summed E-state index contributed by atoms with van der Waals surface area (Å²) in [5.41, 5.74) is 0.167. The Morgan fingerprint density at radius 1 is 0.846 bits per heavy atom. The molecule has 0 bridgehead atoms. The van der Waals surface area contributed by atoms with Gasteiger partial charge in [-0.3, -0.25) is 0 Å². The Labute approximate surface area is 87.0 Å². The Balaban J connectivity index is 0.00000144. The fourth-order valence-electron chi connectivity index (χ4n) is 0.755. The van der Waals surface area contributed by atoms with Crippen LogP contribution in [0.3, 0.4) is 0 Å². The van der Waals surface area contributed by atoms with Gasteiger partial charge in [0.2, 0.25) is 0 Å². The molecule has 1 aromatic rings. The van der Waals surface area contributed by atoms with Crippen LogP contribution in [-0.2, 0) is 19.5 Å². The zero-order chi connectivity index (χ0) is 9.14. The number of carboxylic acids is 2. The zero-order valence-electron chi connectivity index (χ0n) is 6.37. The van der Waals surface area contributed by atoms with Gasteiger partial charge in [0.1, 0.15) is 0 Å². The third-order valence-electron chi connectivity index (χ3n) is 1.38. The molecule has 0 unspecified atom stereocenters. The van der Waals surface area contributed by atoms with Crippen LogP contribution in [0.1, 0.15) is 20.7 Å². The van der Waals surface area contributed by atoms with Gasteiger partial charge in [-0.05, 0) is 24.3 Å². The van der Waals surface area contributed by atoms with E-state index in [1.54, 1.807) is 0 Å². The third-order valence-corrected chi connectivity index (χ3v) is 1.38. The van der Waals surface area contributed by atoms with E-state index in [2.05, 4.69) is 0 Å². The summed E-state index contributed by atoms with van der Waals surface area (Å²) < 4.78 is 0. The van der Waals surface area contributed by atoms with Gasteiger partial charge in [-0.2, -0.15) is 0 Å². The molecule has 0 fully saturated rings. The molecule has 13 heavy (non-hydrogen) atoms. The third kappa shape index (κ3) is 2.95. The predicted octanol–water partition coefficient (Wildman–Crippen LogP) is 1.08. The van der Waals surface area contributed by atoms with Crippen LogP contribution in [0, 0.1) is 0 Å². The molecule has 0 saturated carbocycles. The molecule has 1 aromatic carbocycles. The molecule has 4 nitrogen and oxygen atoms in total. The Morgan fingerprint density at radius 3 is 1.23 bits per heavy atom. The topological polar surface area (TPSA) is 74.6 Å². The fraction of sp³-hybridized carbons (Fsp3) is 0. The van der Waals surface area contributed by atoms with Crippen molar-refractivity contribution in [1.29, 1.82) is 0 Å². The van der Waals surface area contributed by atoms with E-state index < -0.39 is 11.9 Å². The van der Waals surface area contributed by atoms with Gasteiger partial charge in [0.15, 0.2) is 0 Å². The number of carbonyl (C=O) groups is 2. The van der Waals surface area contributed by atoms with Gasteiger partial charge in [-0.15, -0.1) is 0 Å². The molecule has 0 aromatic heterocycles. The summed E-state index contributed by atoms with van der Waals surface area (Å²) in [6.07, 6.45) is 0. The minimum absolute atomic E-state index is 0. The van der Waals surface area contributed by atoms with E-state index in [9.17, 15) is 9.59 Å². The van der Waals surface area contributed by atoms with E-state index in [1.807, 2.05) is 0 Å². The van der Waals surface area contributed by atoms with E-state index in [0.29, 0.717) is 0 Å². The van der Waals surface area contributed by atoms with Crippen LogP contribution >= 0.6 is 0 Å². The Morgan fingerprint density at radius 2 is 1.08 bits per heavy atom. The van der Waals surface area contributed by atoms with Crippen LogP contribution in [0.5, 0.6) is 0 Å². The molecule has 70 valence electrons. The van der Waals surface area contributed by atoms with Crippen molar-refractivity contribution < 1.29 is 39.3 Å². The Hall–Kier alpha value is -1.22. The average Bonchev–Trinajstić information content (AvgIpc) is 2.04. The largest absolute Gasteiger partial charge is 0.478 e. The summed E-state index contributed by atoms with van der Waals surface area (Å²) in [6, 6.07) is 5.02. The van der Waals surface area contributed by atoms with Gasteiger partial charge < -0.3 is 10.2 Å². The summed E-state index contributed by atoms with van der Waals surface area (Å²) >= 11 is 0. The standard InChI is InChI=1S/C8H6O4.Ru/c9-7(10)5-1-2-6(4-3-5)8(11)12;/h1-4H,(H,9,10)(H,11,12);. The molecule has 0 spiro atoms. The normalized spacial score (nSPS) is 8.62. The molecular formula is C8H6O4Ru. The number of carboxylic acid groups (broad SMARTS) is 2. The molecule has 2 N–H and O–H groups in total. The van der Waals surface area contributed by atoms with E-state index in [1.165, 1.54) is 24.3 Å². The Kier molecular flexibility index (Phi) is 4.28. The van der Waals surface area contributed by atoms with Crippen molar-refractivity contribution in [2.45, 2.75) is 0 Å². The van der Waals surface area contributed by atoms with E-state index in [-0.39, 0.29) is 30.6 Å². The second-order valence-corrected chi connectivity index (χ2v) is 2.19. The van der Waals surface area contributed by atoms with E-state index in [4.69, 9.17) is 10.2 Å². The van der Waals surface area contributed by atoms with Crippen molar-refractivity contribution in [2.75, 3.05) is 0 Å². The SMILES string of the molecule is O=C(O)c1ccc(C(=O)O)cc1.[Ru]. The van der Waals surface area contributed by atoms with Gasteiger partial charge in [0, 0.05) is 19.5 Å². The van der Waals surface area contributed by atoms with Crippen LogP contribution in [0.25, 0.3) is 0 Å². The average molecular weight is 267 g/mol. The molecule has 0 amide bonds. The second kappa shape index (κ2) is 4.72. The number of rotatable bonds is 2. The van der Waals surface area contributed by atoms with Crippen molar-refractivity contribution in [1.82, 2.24) is 0 Å². The van der Waals surface area contributed by atoms with Gasteiger partial charge in [0.05, 0.1) is 11.1 Å². The molecular weight excluding hydrogens is 261 g/mol. The fourth-order valence-corrected chi connectivity index (χ4v) is 0.755. The first-order valence-electron chi connectivity index (χ1n) is 3.18. The molecule has 0 atom stereocenters. The Bertz CT molecular complexity index is 284. The second-order valence-electron chi connectivity index (χ2n) is 2.19. The number of hydrogen-bond donors (Lipinski definition) is 2. The van der Waals surface area contributed by atoms with Crippen LogP contribution in [0.2, 0.25) is 0 Å². The molecule has 0 heterocycles. The number of aromatic carboxylic acids is 2. The van der Waals surface area contributed by atoms with Crippen LogP contribution in [-0.4, -0.2) is 22.2 Å². The first kappa shape index (κ1) is 11.8. The maximum absolute atomic E-state index is 10.3. The van der Waals surface area contributed by atoms with Crippen molar-refractivity contribution in [3.05, 3.63) is 35.4 Å². The number of hydrogen-bond acceptors (Lipinski definition) is 2. The molecule has 1 rings (SSSR count). The summed E-state index contributed by atoms with van der Waals surface area (Å²) in [4.78, 5) is 20.7. The monoisotopic (exact) mass is 268 g/mol. The molecule has 0 saturated heterocycles. The minimum atomic E-state index is -1.06. The van der Waals surface area contributed by atoms with Gasteiger partial charge >= 0.3 is 11.9 Å². The van der Waals surface area contributed by atoms with Crippen LogP contribution < -0.4 is 0 Å². The maximum atomic E-state index is 10.3.